The van der Waals surface area contributed by atoms with Gasteiger partial charge in [0.2, 0.25) is 0 Å². The third kappa shape index (κ3) is 2.67. The quantitative estimate of drug-likeness (QED) is 0.495. The summed E-state index contributed by atoms with van der Waals surface area (Å²) in [6.45, 7) is 5.46. The van der Waals surface area contributed by atoms with Gasteiger partial charge in [0.05, 0.1) is 0 Å². The van der Waals surface area contributed by atoms with Gasteiger partial charge in [-0.05, 0) is 0 Å². The molecule has 0 saturated heterocycles. The summed E-state index contributed by atoms with van der Waals surface area (Å²) < 4.78 is 13.5. The number of hydrogen-bond donors (Lipinski definition) is 0. The number of allylic oxidation sites excluding steroid dienone is 4. The predicted octanol–water partition coefficient (Wildman–Crippen LogP) is 5.19. The molecule has 0 amide bonds. The van der Waals surface area contributed by atoms with Crippen molar-refractivity contribution in [3.63, 3.8) is 0 Å². The fourth-order valence-electron chi connectivity index (χ4n) is 2.90. The van der Waals surface area contributed by atoms with E-state index in [1.807, 2.05) is 13.8 Å². The van der Waals surface area contributed by atoms with E-state index in [2.05, 4.69) is 44.4 Å². The van der Waals surface area contributed by atoms with Gasteiger partial charge in [-0.3, -0.25) is 0 Å². The first-order valence-corrected chi connectivity index (χ1v) is 16.7. The van der Waals surface area contributed by atoms with Gasteiger partial charge in [-0.1, -0.05) is 0 Å². The van der Waals surface area contributed by atoms with Crippen LogP contribution >= 0.6 is 0 Å². The average molecular weight is 291 g/mol. The van der Waals surface area contributed by atoms with Gasteiger partial charge in [0.15, 0.2) is 0 Å². The van der Waals surface area contributed by atoms with Crippen LogP contribution in [-0.2, 0) is 22.2 Å². The van der Waals surface area contributed by atoms with E-state index in [9.17, 15) is 0 Å². The standard InChI is InChI=1S/C5H11O2.C5H5.5CH3.Ti/c1-3-6-5-7-4-2;1-2-4-5-3-1;;;;;;/h5H,3-4H2,1-2H3;1-3H,4H2;5*1H3;. The van der Waals surface area contributed by atoms with Gasteiger partial charge < -0.3 is 0 Å². The van der Waals surface area contributed by atoms with Crippen LogP contribution in [0.25, 0.3) is 0 Å². The van der Waals surface area contributed by atoms with Crippen molar-refractivity contribution in [1.29, 1.82) is 0 Å². The molecule has 1 aliphatic carbocycles. The Morgan fingerprint density at radius 2 is 1.56 bits per heavy atom. The Morgan fingerprint density at radius 3 is 1.89 bits per heavy atom. The molecule has 0 aromatic carbocycles. The zero-order valence-electron chi connectivity index (χ0n) is 13.2. The fraction of sp³-hybridized carbons (Fsp3) is 0.733. The number of ether oxygens (including phenoxy) is 2. The molecule has 2 nitrogen and oxygen atoms in total. The van der Waals surface area contributed by atoms with Crippen molar-refractivity contribution in [2.45, 2.75) is 51.0 Å². The molecule has 1 rings (SSSR count). The molecule has 107 valence electrons. The molecular formula is C15H31O2Ti. The topological polar surface area (TPSA) is 18.5 Å². The average Bonchev–Trinajstić information content (AvgIpc) is 2.69. The van der Waals surface area contributed by atoms with Gasteiger partial charge in [0.25, 0.3) is 0 Å². The molecule has 3 heteroatoms. The van der Waals surface area contributed by atoms with Gasteiger partial charge in [0.1, 0.15) is 0 Å². The summed E-state index contributed by atoms with van der Waals surface area (Å²) in [5.41, 5.74) is 0. The van der Waals surface area contributed by atoms with Crippen molar-refractivity contribution < 1.29 is 22.2 Å². The molecule has 0 atom stereocenters. The van der Waals surface area contributed by atoms with E-state index in [4.69, 9.17) is 9.47 Å². The fourth-order valence-corrected chi connectivity index (χ4v) is 10.3. The third-order valence-electron chi connectivity index (χ3n) is 4.49. The van der Waals surface area contributed by atoms with Crippen LogP contribution in [0.3, 0.4) is 0 Å². The second kappa shape index (κ2) is 3.60. The minimum atomic E-state index is -4.01. The summed E-state index contributed by atoms with van der Waals surface area (Å²) in [4.78, 5) is 0. The van der Waals surface area contributed by atoms with Crippen LogP contribution in [-0.4, -0.2) is 17.8 Å². The Labute approximate surface area is 108 Å². The van der Waals surface area contributed by atoms with Crippen molar-refractivity contribution in [1.82, 2.24) is 0 Å². The maximum absolute atomic E-state index is 6.06. The zero-order chi connectivity index (χ0) is 14.2. The summed E-state index contributed by atoms with van der Waals surface area (Å²) >= 11 is -4.01. The van der Waals surface area contributed by atoms with Gasteiger partial charge in [0, 0.05) is 0 Å². The second-order valence-corrected chi connectivity index (χ2v) is 36.6. The molecule has 0 bridgehead atoms. The Morgan fingerprint density at radius 1 is 1.06 bits per heavy atom. The van der Waals surface area contributed by atoms with E-state index in [-0.39, 0.29) is 4.59 Å². The number of hydrogen-bond acceptors (Lipinski definition) is 2. The Balaban J connectivity index is 3.40. The molecule has 0 saturated carbocycles. The Hall–Kier alpha value is 0.114. The molecule has 0 aromatic rings. The van der Waals surface area contributed by atoms with Gasteiger partial charge in [-0.2, -0.15) is 0 Å². The van der Waals surface area contributed by atoms with E-state index in [1.54, 1.807) is 0 Å². The van der Waals surface area contributed by atoms with E-state index >= 15 is 0 Å². The first-order chi connectivity index (χ1) is 7.87. The van der Waals surface area contributed by atoms with Crippen molar-refractivity contribution in [3.05, 3.63) is 22.1 Å². The SMILES string of the molecule is CCO[CH](OCC)[Ti]([CH3])([CH3])([CH3])([CH3])([CH3])[C]1=CC=CC1. The summed E-state index contributed by atoms with van der Waals surface area (Å²) in [5, 5.41) is 12.1. The first-order valence-electron chi connectivity index (χ1n) is 7.22. The van der Waals surface area contributed by atoms with Crippen molar-refractivity contribution >= 4 is 0 Å². The molecule has 0 unspecified atom stereocenters. The molecule has 0 heterocycles. The van der Waals surface area contributed by atoms with Gasteiger partial charge in [-0.25, -0.2) is 0 Å². The third-order valence-corrected chi connectivity index (χ3v) is 15.2. The first kappa shape index (κ1) is 16.2. The molecule has 0 aromatic heterocycles. The molecule has 0 spiro atoms. The van der Waals surface area contributed by atoms with Crippen molar-refractivity contribution in [2.75, 3.05) is 13.2 Å². The molecule has 0 fully saturated rings. The zero-order valence-corrected chi connectivity index (χ0v) is 14.8. The summed E-state index contributed by atoms with van der Waals surface area (Å²) in [6, 6.07) is 0. The Kier molecular flexibility index (Phi) is 3.24. The molecule has 18 heavy (non-hydrogen) atoms. The van der Waals surface area contributed by atoms with E-state index < -0.39 is 12.7 Å². The van der Waals surface area contributed by atoms with Crippen molar-refractivity contribution in [3.8, 4) is 0 Å². The van der Waals surface area contributed by atoms with E-state index in [0.29, 0.717) is 13.2 Å². The van der Waals surface area contributed by atoms with Crippen LogP contribution in [0.5, 0.6) is 0 Å². The van der Waals surface area contributed by atoms with Gasteiger partial charge in [-0.15, -0.1) is 0 Å². The van der Waals surface area contributed by atoms with Crippen LogP contribution in [0, 0.1) is 0 Å². The number of rotatable bonds is 6. The van der Waals surface area contributed by atoms with Gasteiger partial charge >= 0.3 is 109 Å². The second-order valence-electron chi connectivity index (χ2n) is 10.4. The summed E-state index contributed by atoms with van der Waals surface area (Å²) in [5.74, 6) is 0. The summed E-state index contributed by atoms with van der Waals surface area (Å²) in [7, 11) is 0. The van der Waals surface area contributed by atoms with E-state index in [0.717, 1.165) is 6.42 Å². The van der Waals surface area contributed by atoms with Crippen LogP contribution in [0.2, 0.25) is 26.1 Å². The normalized spacial score (nSPS) is 22.2. The van der Waals surface area contributed by atoms with Crippen molar-refractivity contribution in [2.24, 2.45) is 0 Å². The molecular weight excluding hydrogens is 260 g/mol. The molecule has 0 N–H and O–H groups in total. The molecule has 1 aliphatic rings. The van der Waals surface area contributed by atoms with Crippen LogP contribution in [0.15, 0.2) is 22.1 Å². The summed E-state index contributed by atoms with van der Waals surface area (Å²) in [6.07, 6.45) is 7.71. The minimum absolute atomic E-state index is 0.121. The van der Waals surface area contributed by atoms with Crippen LogP contribution in [0.4, 0.5) is 0 Å². The van der Waals surface area contributed by atoms with E-state index in [1.165, 1.54) is 3.88 Å². The maximum atomic E-state index is 6.06. The Bertz CT molecular complexity index is 395. The van der Waals surface area contributed by atoms with Crippen LogP contribution in [0.1, 0.15) is 20.3 Å². The monoisotopic (exact) mass is 291 g/mol. The molecule has 0 radical (unpaired) electrons. The molecule has 0 aliphatic heterocycles. The van der Waals surface area contributed by atoms with Crippen LogP contribution < -0.4 is 0 Å². The predicted molar refractivity (Wildman–Crippen MR) is 78.2 cm³/mol.